The van der Waals surface area contributed by atoms with Gasteiger partial charge in [0.1, 0.15) is 17.2 Å². The van der Waals surface area contributed by atoms with Crippen molar-refractivity contribution in [3.8, 4) is 11.3 Å². The molecule has 148 valence electrons. The van der Waals surface area contributed by atoms with Crippen molar-refractivity contribution in [1.82, 2.24) is 14.4 Å². The fourth-order valence-electron chi connectivity index (χ4n) is 4.62. The molecule has 3 heterocycles. The maximum atomic E-state index is 13.1. The molecule has 0 amide bonds. The molecule has 5 rings (SSSR count). The van der Waals surface area contributed by atoms with Crippen molar-refractivity contribution in [3.63, 3.8) is 0 Å². The first-order valence-electron chi connectivity index (χ1n) is 10.5. The monoisotopic (exact) mass is 386 g/mol. The van der Waals surface area contributed by atoms with Crippen LogP contribution in [0.4, 0.5) is 5.82 Å². The summed E-state index contributed by atoms with van der Waals surface area (Å²) in [5, 5.41) is 4.76. The summed E-state index contributed by atoms with van der Waals surface area (Å²) in [6.07, 6.45) is 8.14. The molecule has 3 aromatic heterocycles. The first kappa shape index (κ1) is 18.0. The van der Waals surface area contributed by atoms with Gasteiger partial charge in [-0.2, -0.15) is 0 Å². The van der Waals surface area contributed by atoms with E-state index in [1.807, 2.05) is 37.4 Å². The van der Waals surface area contributed by atoms with Crippen LogP contribution in [0.25, 0.3) is 27.8 Å². The van der Waals surface area contributed by atoms with Gasteiger partial charge in [-0.3, -0.25) is 9.20 Å². The zero-order chi connectivity index (χ0) is 20.0. The predicted molar refractivity (Wildman–Crippen MR) is 119 cm³/mol. The molecule has 29 heavy (non-hydrogen) atoms. The zero-order valence-electron chi connectivity index (χ0n) is 17.0. The maximum absolute atomic E-state index is 13.1. The Hall–Kier alpha value is -3.08. The quantitative estimate of drug-likeness (QED) is 0.508. The molecule has 1 saturated carbocycles. The normalized spacial score (nSPS) is 15.2. The first-order valence-corrected chi connectivity index (χ1v) is 10.5. The third-order valence-electron chi connectivity index (χ3n) is 6.02. The van der Waals surface area contributed by atoms with Gasteiger partial charge in [0.2, 0.25) is 0 Å². The highest BCUT2D eigenvalue weighted by atomic mass is 16.1. The molecule has 5 heteroatoms. The predicted octanol–water partition coefficient (Wildman–Crippen LogP) is 5.20. The smallest absolute Gasteiger partial charge is 0.258 e. The van der Waals surface area contributed by atoms with Gasteiger partial charge in [0.05, 0.1) is 11.1 Å². The number of imidazole rings is 1. The molecule has 0 saturated heterocycles. The second kappa shape index (κ2) is 7.07. The number of aromatic nitrogens is 3. The summed E-state index contributed by atoms with van der Waals surface area (Å²) in [6, 6.07) is 12.6. The highest BCUT2D eigenvalue weighted by Crippen LogP contribution is 2.31. The molecule has 0 atom stereocenters. The molecule has 1 aromatic carbocycles. The molecule has 5 nitrogen and oxygen atoms in total. The van der Waals surface area contributed by atoms with Crippen molar-refractivity contribution in [3.05, 3.63) is 64.1 Å². The Morgan fingerprint density at radius 2 is 1.93 bits per heavy atom. The van der Waals surface area contributed by atoms with Crippen molar-refractivity contribution >= 4 is 22.4 Å². The van der Waals surface area contributed by atoms with Gasteiger partial charge in [-0.1, -0.05) is 37.0 Å². The number of hydrogen-bond acceptors (Lipinski definition) is 3. The van der Waals surface area contributed by atoms with Crippen molar-refractivity contribution in [2.24, 2.45) is 0 Å². The van der Waals surface area contributed by atoms with E-state index in [-0.39, 0.29) is 5.56 Å². The number of nitrogens with zero attached hydrogens (tertiary/aromatic N) is 2. The number of nitrogens with one attached hydrogen (secondary N) is 2. The van der Waals surface area contributed by atoms with E-state index in [1.165, 1.54) is 24.8 Å². The molecule has 0 bridgehead atoms. The number of benzene rings is 1. The topological polar surface area (TPSA) is 62.2 Å². The molecule has 1 fully saturated rings. The van der Waals surface area contributed by atoms with Crippen molar-refractivity contribution < 1.29 is 0 Å². The molecule has 0 radical (unpaired) electrons. The summed E-state index contributed by atoms with van der Waals surface area (Å²) in [5.41, 5.74) is 5.26. The first-order chi connectivity index (χ1) is 14.1. The van der Waals surface area contributed by atoms with Crippen LogP contribution in [0.2, 0.25) is 0 Å². The fourth-order valence-corrected chi connectivity index (χ4v) is 4.62. The molecule has 1 aliphatic rings. The van der Waals surface area contributed by atoms with Crippen LogP contribution in [0.15, 0.2) is 47.4 Å². The molecule has 2 N–H and O–H groups in total. The second-order valence-corrected chi connectivity index (χ2v) is 8.28. The average molecular weight is 386 g/mol. The van der Waals surface area contributed by atoms with E-state index >= 15 is 0 Å². The van der Waals surface area contributed by atoms with Gasteiger partial charge in [-0.15, -0.1) is 0 Å². The average Bonchev–Trinajstić information content (AvgIpc) is 3.07. The van der Waals surface area contributed by atoms with Crippen LogP contribution in [0, 0.1) is 13.8 Å². The van der Waals surface area contributed by atoms with Gasteiger partial charge in [-0.05, 0) is 61.9 Å². The van der Waals surface area contributed by atoms with Gasteiger partial charge in [0.15, 0.2) is 0 Å². The third-order valence-corrected chi connectivity index (χ3v) is 6.02. The molecular weight excluding hydrogens is 360 g/mol. The maximum Gasteiger partial charge on any atom is 0.258 e. The molecule has 4 aromatic rings. The van der Waals surface area contributed by atoms with Gasteiger partial charge in [-0.25, -0.2) is 4.98 Å². The van der Waals surface area contributed by atoms with Gasteiger partial charge >= 0.3 is 0 Å². The summed E-state index contributed by atoms with van der Waals surface area (Å²) < 4.78 is 2.06. The molecule has 1 aliphatic carbocycles. The Morgan fingerprint density at radius 1 is 1.10 bits per heavy atom. The number of rotatable bonds is 3. The molecule has 0 spiro atoms. The minimum Gasteiger partial charge on any atom is -0.367 e. The number of aryl methyl sites for hydroxylation is 2. The van der Waals surface area contributed by atoms with E-state index in [1.54, 1.807) is 0 Å². The van der Waals surface area contributed by atoms with Crippen LogP contribution >= 0.6 is 0 Å². The van der Waals surface area contributed by atoms with E-state index < -0.39 is 0 Å². The fraction of sp³-hybridized carbons (Fsp3) is 0.333. The highest BCUT2D eigenvalue weighted by molar-refractivity contribution is 5.88. The van der Waals surface area contributed by atoms with E-state index in [2.05, 4.69) is 33.8 Å². The Balaban J connectivity index is 1.71. The Morgan fingerprint density at radius 3 is 2.76 bits per heavy atom. The van der Waals surface area contributed by atoms with E-state index in [0.29, 0.717) is 11.6 Å². The minimum atomic E-state index is -0.0976. The Bertz CT molecular complexity index is 1260. The summed E-state index contributed by atoms with van der Waals surface area (Å²) in [6.45, 7) is 4.12. The Kier molecular flexibility index (Phi) is 4.38. The lowest BCUT2D eigenvalue weighted by Gasteiger charge is -2.24. The van der Waals surface area contributed by atoms with Crippen molar-refractivity contribution in [2.75, 3.05) is 5.32 Å². The van der Waals surface area contributed by atoms with Gasteiger partial charge in [0.25, 0.3) is 5.56 Å². The summed E-state index contributed by atoms with van der Waals surface area (Å²) in [5.74, 6) is 0.918. The van der Waals surface area contributed by atoms with Crippen molar-refractivity contribution in [1.29, 1.82) is 0 Å². The van der Waals surface area contributed by atoms with Gasteiger partial charge < -0.3 is 10.3 Å². The van der Waals surface area contributed by atoms with Crippen LogP contribution in [0.3, 0.4) is 0 Å². The number of H-pyrrole nitrogens is 1. The summed E-state index contributed by atoms with van der Waals surface area (Å²) >= 11 is 0. The van der Waals surface area contributed by atoms with Crippen LogP contribution in [0.1, 0.15) is 43.2 Å². The standard InChI is InChI=1S/C24H26N4O/c1-15-12-16(2)21-17(13-15)14-19(24(29)27-21)22-23(25-18-8-4-3-5-9-18)28-11-7-6-10-20(28)26-22/h6-7,10-14,18,25H,3-5,8-9H2,1-2H3,(H,27,29). The molecular formula is C24H26N4O. The van der Waals surface area contributed by atoms with Crippen LogP contribution < -0.4 is 10.9 Å². The number of fused-ring (bicyclic) bond motifs is 2. The lowest BCUT2D eigenvalue weighted by Crippen LogP contribution is -2.23. The van der Waals surface area contributed by atoms with Crippen LogP contribution in [-0.4, -0.2) is 20.4 Å². The lowest BCUT2D eigenvalue weighted by molar-refractivity contribution is 0.462. The highest BCUT2D eigenvalue weighted by Gasteiger charge is 2.21. The molecule has 0 unspecified atom stereocenters. The zero-order valence-corrected chi connectivity index (χ0v) is 17.0. The Labute approximate surface area is 169 Å². The molecule has 0 aliphatic heterocycles. The van der Waals surface area contributed by atoms with E-state index in [4.69, 9.17) is 4.98 Å². The largest absolute Gasteiger partial charge is 0.367 e. The van der Waals surface area contributed by atoms with Crippen molar-refractivity contribution in [2.45, 2.75) is 52.0 Å². The second-order valence-electron chi connectivity index (χ2n) is 8.28. The number of anilines is 1. The third kappa shape index (κ3) is 3.20. The lowest BCUT2D eigenvalue weighted by atomic mass is 9.95. The number of pyridine rings is 2. The number of aromatic amines is 1. The van der Waals surface area contributed by atoms with Gasteiger partial charge in [0, 0.05) is 12.2 Å². The van der Waals surface area contributed by atoms with Crippen LogP contribution in [-0.2, 0) is 0 Å². The van der Waals surface area contributed by atoms with E-state index in [0.717, 1.165) is 46.5 Å². The summed E-state index contributed by atoms with van der Waals surface area (Å²) in [4.78, 5) is 21.0. The van der Waals surface area contributed by atoms with E-state index in [9.17, 15) is 4.79 Å². The SMILES string of the molecule is Cc1cc(C)c2[nH]c(=O)c(-c3nc4ccccn4c3NC3CCCCC3)cc2c1. The van der Waals surface area contributed by atoms with Crippen LogP contribution in [0.5, 0.6) is 0 Å². The minimum absolute atomic E-state index is 0.0976. The number of hydrogen-bond donors (Lipinski definition) is 2. The summed E-state index contributed by atoms with van der Waals surface area (Å²) in [7, 11) is 0.